The van der Waals surface area contributed by atoms with E-state index in [2.05, 4.69) is 20.3 Å². The van der Waals surface area contributed by atoms with Crippen molar-refractivity contribution in [3.8, 4) is 5.75 Å². The number of rotatable bonds is 8. The normalized spacial score (nSPS) is 13.1. The van der Waals surface area contributed by atoms with Crippen molar-refractivity contribution in [2.24, 2.45) is 4.99 Å². The molecule has 1 atom stereocenters. The monoisotopic (exact) mass is 408 g/mol. The van der Waals surface area contributed by atoms with E-state index in [9.17, 15) is 12.8 Å². The zero-order chi connectivity index (χ0) is 20.6. The Bertz CT molecular complexity index is 919. The van der Waals surface area contributed by atoms with Crippen molar-refractivity contribution < 1.29 is 17.5 Å². The summed E-state index contributed by atoms with van der Waals surface area (Å²) >= 11 is 0. The first-order chi connectivity index (χ1) is 13.4. The van der Waals surface area contributed by atoms with Crippen LogP contribution in [0.3, 0.4) is 0 Å². The lowest BCUT2D eigenvalue weighted by Gasteiger charge is -2.18. The lowest BCUT2D eigenvalue weighted by atomic mass is 10.2. The summed E-state index contributed by atoms with van der Waals surface area (Å²) in [6.45, 7) is 2.61. The Morgan fingerprint density at radius 3 is 2.61 bits per heavy atom. The van der Waals surface area contributed by atoms with Gasteiger partial charge in [0.25, 0.3) is 0 Å². The summed E-state index contributed by atoms with van der Waals surface area (Å²) in [6.07, 6.45) is -0.292. The molecule has 0 saturated carbocycles. The molecule has 0 aromatic heterocycles. The van der Waals surface area contributed by atoms with Gasteiger partial charge in [0.2, 0.25) is 10.0 Å². The first kappa shape index (κ1) is 21.6. The van der Waals surface area contributed by atoms with E-state index in [4.69, 9.17) is 4.74 Å². The highest BCUT2D eigenvalue weighted by molar-refractivity contribution is 7.89. The molecule has 0 radical (unpaired) electrons. The van der Waals surface area contributed by atoms with E-state index in [1.54, 1.807) is 37.4 Å². The third-order valence-corrected chi connectivity index (χ3v) is 5.29. The Hall–Kier alpha value is -2.65. The van der Waals surface area contributed by atoms with E-state index >= 15 is 0 Å². The maximum absolute atomic E-state index is 13.6. The number of guanidine groups is 1. The topological polar surface area (TPSA) is 91.8 Å². The van der Waals surface area contributed by atoms with Gasteiger partial charge in [-0.2, -0.15) is 0 Å². The number of hydrogen-bond acceptors (Lipinski definition) is 4. The van der Waals surface area contributed by atoms with Gasteiger partial charge in [0.1, 0.15) is 6.10 Å². The molecule has 0 heterocycles. The third-order valence-electron chi connectivity index (χ3n) is 3.88. The van der Waals surface area contributed by atoms with Crippen LogP contribution in [0.5, 0.6) is 5.75 Å². The highest BCUT2D eigenvalue weighted by Gasteiger charge is 2.12. The van der Waals surface area contributed by atoms with Crippen LogP contribution in [0.15, 0.2) is 58.4 Å². The van der Waals surface area contributed by atoms with Crippen LogP contribution in [0.25, 0.3) is 0 Å². The number of aliphatic imine (C=N–C) groups is 1. The van der Waals surface area contributed by atoms with Crippen LogP contribution in [-0.2, 0) is 16.6 Å². The fourth-order valence-electron chi connectivity index (χ4n) is 2.39. The van der Waals surface area contributed by atoms with Gasteiger partial charge in [-0.3, -0.25) is 4.99 Å². The van der Waals surface area contributed by atoms with E-state index in [1.165, 1.54) is 19.2 Å². The molecule has 2 aromatic carbocycles. The number of ether oxygens (including phenoxy) is 1. The SMILES string of the molecule is CN=C(NCc1cccc(S(=O)(=O)NC)c1)NCC(C)Oc1ccccc1F. The zero-order valence-corrected chi connectivity index (χ0v) is 16.9. The minimum absolute atomic E-state index is 0.197. The summed E-state index contributed by atoms with van der Waals surface area (Å²) in [5, 5.41) is 6.20. The molecule has 2 aromatic rings. The molecule has 0 aliphatic heterocycles. The van der Waals surface area contributed by atoms with Gasteiger partial charge >= 0.3 is 0 Å². The number of nitrogens with zero attached hydrogens (tertiary/aromatic N) is 1. The summed E-state index contributed by atoms with van der Waals surface area (Å²) in [4.78, 5) is 4.32. The van der Waals surface area contributed by atoms with Crippen molar-refractivity contribution in [2.75, 3.05) is 20.6 Å². The molecule has 0 saturated heterocycles. The Morgan fingerprint density at radius 1 is 1.18 bits per heavy atom. The number of hydrogen-bond donors (Lipinski definition) is 3. The molecule has 152 valence electrons. The summed E-state index contributed by atoms with van der Waals surface area (Å²) in [5.74, 6) is 0.307. The predicted octanol–water partition coefficient (Wildman–Crippen LogP) is 1.87. The molecule has 0 fully saturated rings. The molecule has 2 rings (SSSR count). The molecule has 7 nitrogen and oxygen atoms in total. The molecular weight excluding hydrogens is 383 g/mol. The van der Waals surface area contributed by atoms with Crippen LogP contribution < -0.4 is 20.1 Å². The van der Waals surface area contributed by atoms with Crippen molar-refractivity contribution in [3.63, 3.8) is 0 Å². The van der Waals surface area contributed by atoms with Crippen molar-refractivity contribution in [1.82, 2.24) is 15.4 Å². The third kappa shape index (κ3) is 6.21. The number of sulfonamides is 1. The van der Waals surface area contributed by atoms with Gasteiger partial charge in [0.05, 0.1) is 11.4 Å². The second kappa shape index (κ2) is 10.0. The average Bonchev–Trinajstić information content (AvgIpc) is 2.70. The smallest absolute Gasteiger partial charge is 0.240 e. The average molecular weight is 408 g/mol. The van der Waals surface area contributed by atoms with Crippen LogP contribution in [0.4, 0.5) is 4.39 Å². The van der Waals surface area contributed by atoms with Crippen molar-refractivity contribution in [1.29, 1.82) is 0 Å². The van der Waals surface area contributed by atoms with Gasteiger partial charge in [-0.25, -0.2) is 17.5 Å². The van der Waals surface area contributed by atoms with Gasteiger partial charge in [0, 0.05) is 13.6 Å². The molecule has 1 unspecified atom stereocenters. The first-order valence-electron chi connectivity index (χ1n) is 8.74. The Balaban J connectivity index is 1.88. The van der Waals surface area contributed by atoms with E-state index in [1.807, 2.05) is 13.0 Å². The number of para-hydroxylation sites is 1. The van der Waals surface area contributed by atoms with Crippen LogP contribution in [-0.4, -0.2) is 41.1 Å². The van der Waals surface area contributed by atoms with Gasteiger partial charge < -0.3 is 15.4 Å². The Labute approximate surface area is 165 Å². The van der Waals surface area contributed by atoms with Gasteiger partial charge in [-0.05, 0) is 43.8 Å². The van der Waals surface area contributed by atoms with Gasteiger partial charge in [-0.1, -0.05) is 24.3 Å². The standard InChI is InChI=1S/C19H25FN4O3S/c1-14(27-18-10-5-4-9-17(18)20)12-23-19(21-2)24-13-15-7-6-8-16(11-15)28(25,26)22-3/h4-11,14,22H,12-13H2,1-3H3,(H2,21,23,24). The molecule has 28 heavy (non-hydrogen) atoms. The van der Waals surface area contributed by atoms with E-state index in [-0.39, 0.29) is 16.7 Å². The van der Waals surface area contributed by atoms with E-state index < -0.39 is 15.8 Å². The summed E-state index contributed by atoms with van der Waals surface area (Å²) in [7, 11) is -0.494. The highest BCUT2D eigenvalue weighted by Crippen LogP contribution is 2.16. The maximum atomic E-state index is 13.6. The largest absolute Gasteiger partial charge is 0.486 e. The Morgan fingerprint density at radius 2 is 1.93 bits per heavy atom. The minimum atomic E-state index is -3.49. The summed E-state index contributed by atoms with van der Waals surface area (Å²) in [5.41, 5.74) is 0.787. The van der Waals surface area contributed by atoms with E-state index in [0.717, 1.165) is 5.56 Å². The molecule has 9 heteroatoms. The molecule has 0 bridgehead atoms. The zero-order valence-electron chi connectivity index (χ0n) is 16.1. The molecular formula is C19H25FN4O3S. The second-order valence-corrected chi connectivity index (χ2v) is 7.91. The van der Waals surface area contributed by atoms with Crippen LogP contribution >= 0.6 is 0 Å². The molecule has 0 amide bonds. The Kier molecular flexibility index (Phi) is 7.77. The van der Waals surface area contributed by atoms with Gasteiger partial charge in [0.15, 0.2) is 17.5 Å². The van der Waals surface area contributed by atoms with E-state index in [0.29, 0.717) is 19.0 Å². The minimum Gasteiger partial charge on any atom is -0.486 e. The lowest BCUT2D eigenvalue weighted by Crippen LogP contribution is -2.41. The fourth-order valence-corrected chi connectivity index (χ4v) is 3.19. The number of benzene rings is 2. The predicted molar refractivity (Wildman–Crippen MR) is 107 cm³/mol. The van der Waals surface area contributed by atoms with Crippen molar-refractivity contribution in [2.45, 2.75) is 24.5 Å². The molecule has 3 N–H and O–H groups in total. The number of nitrogens with one attached hydrogen (secondary N) is 3. The molecule has 0 aliphatic carbocycles. The first-order valence-corrected chi connectivity index (χ1v) is 10.2. The summed E-state index contributed by atoms with van der Waals surface area (Å²) in [6, 6.07) is 12.9. The molecule has 0 spiro atoms. The second-order valence-electron chi connectivity index (χ2n) is 6.02. The van der Waals surface area contributed by atoms with Crippen molar-refractivity contribution in [3.05, 3.63) is 59.9 Å². The van der Waals surface area contributed by atoms with Crippen molar-refractivity contribution >= 4 is 16.0 Å². The van der Waals surface area contributed by atoms with Gasteiger partial charge in [-0.15, -0.1) is 0 Å². The molecule has 0 aliphatic rings. The number of halogens is 1. The van der Waals surface area contributed by atoms with Crippen LogP contribution in [0.2, 0.25) is 0 Å². The quantitative estimate of drug-likeness (QED) is 0.458. The highest BCUT2D eigenvalue weighted by atomic mass is 32.2. The maximum Gasteiger partial charge on any atom is 0.240 e. The summed E-state index contributed by atoms with van der Waals surface area (Å²) < 4.78 is 45.3. The fraction of sp³-hybridized carbons (Fsp3) is 0.316. The van der Waals surface area contributed by atoms with Crippen LogP contribution in [0, 0.1) is 5.82 Å². The van der Waals surface area contributed by atoms with Crippen LogP contribution in [0.1, 0.15) is 12.5 Å². The lowest BCUT2D eigenvalue weighted by molar-refractivity contribution is 0.214.